The average Bonchev–Trinajstić information content (AvgIpc) is 2.96. The first-order valence-corrected chi connectivity index (χ1v) is 8.31. The molecule has 6 nitrogen and oxygen atoms in total. The molecule has 1 aliphatic heterocycles. The average molecular weight is 329 g/mol. The summed E-state index contributed by atoms with van der Waals surface area (Å²) in [5.74, 6) is 1.22. The fourth-order valence-electron chi connectivity index (χ4n) is 2.91. The van der Waals surface area contributed by atoms with Gasteiger partial charge in [0.1, 0.15) is 11.6 Å². The maximum Gasteiger partial charge on any atom is 0.225 e. The van der Waals surface area contributed by atoms with E-state index in [1.54, 1.807) is 16.8 Å². The van der Waals surface area contributed by atoms with Crippen molar-refractivity contribution in [3.63, 3.8) is 0 Å². The third-order valence-electron chi connectivity index (χ3n) is 4.32. The Labute approximate surface area is 141 Å². The van der Waals surface area contributed by atoms with Crippen molar-refractivity contribution < 1.29 is 14.6 Å². The van der Waals surface area contributed by atoms with Crippen molar-refractivity contribution in [2.45, 2.75) is 31.6 Å². The van der Waals surface area contributed by atoms with Crippen LogP contribution in [0.3, 0.4) is 0 Å². The number of hydrogen-bond acceptors (Lipinski definition) is 4. The molecule has 1 atom stereocenters. The second kappa shape index (κ2) is 7.49. The van der Waals surface area contributed by atoms with Crippen molar-refractivity contribution in [3.8, 4) is 5.75 Å². The summed E-state index contributed by atoms with van der Waals surface area (Å²) in [7, 11) is 1.84. The molecular formula is C18H23N3O3. The molecule has 1 amide bonds. The van der Waals surface area contributed by atoms with E-state index >= 15 is 0 Å². The molecule has 0 unspecified atom stereocenters. The first kappa shape index (κ1) is 16.5. The smallest absolute Gasteiger partial charge is 0.225 e. The summed E-state index contributed by atoms with van der Waals surface area (Å²) in [4.78, 5) is 12.2. The standard InChI is InChI=1S/C18H23N3O3/c1-21-17(11-16(20-21)14-3-2-10-24-12-14)19-18(23)9-6-13-4-7-15(22)8-5-13/h4-5,7-8,11,14,22H,2-3,6,9-10,12H2,1H3,(H,19,23)/t14-/m1/s1. The lowest BCUT2D eigenvalue weighted by molar-refractivity contribution is -0.116. The van der Waals surface area contributed by atoms with Crippen molar-refractivity contribution in [2.75, 3.05) is 18.5 Å². The van der Waals surface area contributed by atoms with Crippen molar-refractivity contribution in [2.24, 2.45) is 7.05 Å². The maximum absolute atomic E-state index is 12.2. The van der Waals surface area contributed by atoms with Gasteiger partial charge in [0.15, 0.2) is 0 Å². The predicted molar refractivity (Wildman–Crippen MR) is 91.1 cm³/mol. The molecule has 2 N–H and O–H groups in total. The second-order valence-electron chi connectivity index (χ2n) is 6.21. The van der Waals surface area contributed by atoms with E-state index in [4.69, 9.17) is 4.74 Å². The second-order valence-corrected chi connectivity index (χ2v) is 6.21. The summed E-state index contributed by atoms with van der Waals surface area (Å²) in [6, 6.07) is 8.86. The number of benzene rings is 1. The van der Waals surface area contributed by atoms with Gasteiger partial charge in [-0.05, 0) is 37.0 Å². The van der Waals surface area contributed by atoms with Gasteiger partial charge in [0.25, 0.3) is 0 Å². The van der Waals surface area contributed by atoms with Gasteiger partial charge in [-0.1, -0.05) is 12.1 Å². The number of anilines is 1. The van der Waals surface area contributed by atoms with Gasteiger partial charge in [-0.15, -0.1) is 0 Å². The Kier molecular flexibility index (Phi) is 5.15. The van der Waals surface area contributed by atoms with Crippen molar-refractivity contribution in [3.05, 3.63) is 41.6 Å². The highest BCUT2D eigenvalue weighted by Gasteiger charge is 2.20. The predicted octanol–water partition coefficient (Wildman–Crippen LogP) is 2.59. The molecule has 0 bridgehead atoms. The third kappa shape index (κ3) is 4.14. The van der Waals surface area contributed by atoms with Crippen LogP contribution in [-0.2, 0) is 23.0 Å². The van der Waals surface area contributed by atoms with Crippen LogP contribution in [-0.4, -0.2) is 34.0 Å². The molecule has 0 radical (unpaired) electrons. The van der Waals surface area contributed by atoms with Gasteiger partial charge in [-0.2, -0.15) is 5.10 Å². The topological polar surface area (TPSA) is 76.4 Å². The molecule has 1 aliphatic rings. The number of carbonyl (C=O) groups excluding carboxylic acids is 1. The number of amides is 1. The molecule has 1 aromatic carbocycles. The highest BCUT2D eigenvalue weighted by molar-refractivity contribution is 5.90. The normalized spacial score (nSPS) is 17.6. The number of phenols is 1. The number of hydrogen-bond donors (Lipinski definition) is 2. The summed E-state index contributed by atoms with van der Waals surface area (Å²) in [6.45, 7) is 1.52. The van der Waals surface area contributed by atoms with Crippen LogP contribution in [0.25, 0.3) is 0 Å². The largest absolute Gasteiger partial charge is 0.508 e. The van der Waals surface area contributed by atoms with E-state index in [2.05, 4.69) is 10.4 Å². The van der Waals surface area contributed by atoms with Crippen LogP contribution >= 0.6 is 0 Å². The van der Waals surface area contributed by atoms with Crippen molar-refractivity contribution in [1.82, 2.24) is 9.78 Å². The summed E-state index contributed by atoms with van der Waals surface area (Å²) in [5, 5.41) is 16.7. The number of aryl methyl sites for hydroxylation is 2. The Bertz CT molecular complexity index is 688. The molecule has 0 spiro atoms. The molecule has 3 rings (SSSR count). The monoisotopic (exact) mass is 329 g/mol. The molecule has 24 heavy (non-hydrogen) atoms. The Morgan fingerprint density at radius 1 is 1.42 bits per heavy atom. The van der Waals surface area contributed by atoms with Gasteiger partial charge in [-0.25, -0.2) is 0 Å². The number of phenolic OH excluding ortho intramolecular Hbond substituents is 1. The van der Waals surface area contributed by atoms with Crippen LogP contribution in [0.1, 0.15) is 36.4 Å². The van der Waals surface area contributed by atoms with E-state index < -0.39 is 0 Å². The van der Waals surface area contributed by atoms with Crippen LogP contribution in [0.15, 0.2) is 30.3 Å². The summed E-state index contributed by atoms with van der Waals surface area (Å²) in [6.07, 6.45) is 3.14. The Morgan fingerprint density at radius 3 is 2.92 bits per heavy atom. The number of rotatable bonds is 5. The van der Waals surface area contributed by atoms with Crippen LogP contribution in [0, 0.1) is 0 Å². The highest BCUT2D eigenvalue weighted by atomic mass is 16.5. The molecular weight excluding hydrogens is 306 g/mol. The van der Waals surface area contributed by atoms with E-state index in [1.807, 2.05) is 25.2 Å². The summed E-state index contributed by atoms with van der Waals surface area (Å²) < 4.78 is 7.22. The number of aromatic hydroxyl groups is 1. The van der Waals surface area contributed by atoms with E-state index in [9.17, 15) is 9.90 Å². The number of carbonyl (C=O) groups is 1. The zero-order valence-corrected chi connectivity index (χ0v) is 13.9. The van der Waals surface area contributed by atoms with Gasteiger partial charge in [-0.3, -0.25) is 9.48 Å². The Morgan fingerprint density at radius 2 is 2.21 bits per heavy atom. The molecule has 6 heteroatoms. The van der Waals surface area contributed by atoms with E-state index in [0.29, 0.717) is 31.2 Å². The van der Waals surface area contributed by atoms with Gasteiger partial charge in [0.05, 0.1) is 12.3 Å². The molecule has 0 saturated carbocycles. The number of ether oxygens (including phenoxy) is 1. The number of aromatic nitrogens is 2. The minimum atomic E-state index is -0.0440. The third-order valence-corrected chi connectivity index (χ3v) is 4.32. The van der Waals surface area contributed by atoms with Crippen molar-refractivity contribution in [1.29, 1.82) is 0 Å². The summed E-state index contributed by atoms with van der Waals surface area (Å²) in [5.41, 5.74) is 2.00. The molecule has 1 fully saturated rings. The minimum Gasteiger partial charge on any atom is -0.508 e. The van der Waals surface area contributed by atoms with E-state index in [0.717, 1.165) is 30.7 Å². The van der Waals surface area contributed by atoms with Gasteiger partial charge >= 0.3 is 0 Å². The van der Waals surface area contributed by atoms with Crippen LogP contribution in [0.4, 0.5) is 5.82 Å². The van der Waals surface area contributed by atoms with Gasteiger partial charge in [0, 0.05) is 32.1 Å². The Hall–Kier alpha value is -2.34. The quantitative estimate of drug-likeness (QED) is 0.884. The van der Waals surface area contributed by atoms with Crippen LogP contribution in [0.5, 0.6) is 5.75 Å². The fraction of sp³-hybridized carbons (Fsp3) is 0.444. The number of nitrogens with zero attached hydrogens (tertiary/aromatic N) is 2. The lowest BCUT2D eigenvalue weighted by Crippen LogP contribution is -2.16. The Balaban J connectivity index is 1.55. The molecule has 1 aromatic heterocycles. The molecule has 0 aliphatic carbocycles. The van der Waals surface area contributed by atoms with Gasteiger partial charge < -0.3 is 15.2 Å². The first-order valence-electron chi connectivity index (χ1n) is 8.31. The molecule has 1 saturated heterocycles. The lowest BCUT2D eigenvalue weighted by atomic mass is 9.99. The van der Waals surface area contributed by atoms with Crippen LogP contribution < -0.4 is 5.32 Å². The lowest BCUT2D eigenvalue weighted by Gasteiger charge is -2.19. The van der Waals surface area contributed by atoms with Crippen molar-refractivity contribution >= 4 is 11.7 Å². The molecule has 128 valence electrons. The van der Waals surface area contributed by atoms with E-state index in [-0.39, 0.29) is 11.7 Å². The SMILES string of the molecule is Cn1nc([C@@H]2CCCOC2)cc1NC(=O)CCc1ccc(O)cc1. The minimum absolute atomic E-state index is 0.0440. The summed E-state index contributed by atoms with van der Waals surface area (Å²) >= 11 is 0. The highest BCUT2D eigenvalue weighted by Crippen LogP contribution is 2.26. The zero-order chi connectivity index (χ0) is 16.9. The zero-order valence-electron chi connectivity index (χ0n) is 13.9. The van der Waals surface area contributed by atoms with Crippen LogP contribution in [0.2, 0.25) is 0 Å². The van der Waals surface area contributed by atoms with Gasteiger partial charge in [0.2, 0.25) is 5.91 Å². The first-order chi connectivity index (χ1) is 11.6. The van der Waals surface area contributed by atoms with E-state index in [1.165, 1.54) is 0 Å². The number of nitrogens with one attached hydrogen (secondary N) is 1. The molecule has 2 heterocycles. The molecule has 2 aromatic rings. The fourth-order valence-corrected chi connectivity index (χ4v) is 2.91. The maximum atomic E-state index is 12.2.